The van der Waals surface area contributed by atoms with Gasteiger partial charge in [-0.1, -0.05) is 29.8 Å². The molecule has 0 N–H and O–H groups in total. The van der Waals surface area contributed by atoms with Crippen LogP contribution in [0.25, 0.3) is 6.08 Å². The van der Waals surface area contributed by atoms with E-state index in [0.717, 1.165) is 17.7 Å². The second-order valence-corrected chi connectivity index (χ2v) is 5.24. The van der Waals surface area contributed by atoms with Crippen LogP contribution in [0, 0.1) is 10.1 Å². The highest BCUT2D eigenvalue weighted by molar-refractivity contribution is 7.16. The first-order chi connectivity index (χ1) is 7.75. The van der Waals surface area contributed by atoms with Crippen LogP contribution >= 0.6 is 11.3 Å². The molecule has 1 fully saturated rings. The fraction of sp³-hybridized carbons (Fsp3) is 0.500. The molecule has 0 aromatic carbocycles. The van der Waals surface area contributed by atoms with E-state index in [1.807, 2.05) is 6.07 Å². The summed E-state index contributed by atoms with van der Waals surface area (Å²) in [4.78, 5) is 11.3. The Kier molecular flexibility index (Phi) is 3.72. The van der Waals surface area contributed by atoms with Gasteiger partial charge in [-0.05, 0) is 37.8 Å². The Hall–Kier alpha value is -1.16. The van der Waals surface area contributed by atoms with E-state index in [1.165, 1.54) is 42.6 Å². The number of nitro groups is 1. The molecule has 3 nitrogen and oxygen atoms in total. The lowest BCUT2D eigenvalue weighted by Crippen LogP contribution is -1.80. The van der Waals surface area contributed by atoms with E-state index in [2.05, 4.69) is 6.08 Å². The van der Waals surface area contributed by atoms with Crippen molar-refractivity contribution < 1.29 is 4.92 Å². The molecule has 0 unspecified atom stereocenters. The largest absolute Gasteiger partial charge is 0.324 e. The van der Waals surface area contributed by atoms with Crippen LogP contribution in [0.5, 0.6) is 0 Å². The van der Waals surface area contributed by atoms with Crippen molar-refractivity contribution in [2.75, 3.05) is 0 Å². The topological polar surface area (TPSA) is 43.1 Å². The first-order valence-corrected chi connectivity index (χ1v) is 6.51. The molecule has 1 aliphatic carbocycles. The van der Waals surface area contributed by atoms with Crippen LogP contribution in [0.3, 0.4) is 0 Å². The van der Waals surface area contributed by atoms with Crippen molar-refractivity contribution in [2.45, 2.75) is 38.5 Å². The Morgan fingerprint density at radius 2 is 1.88 bits per heavy atom. The fourth-order valence-corrected chi connectivity index (χ4v) is 2.86. The molecule has 0 amide bonds. The van der Waals surface area contributed by atoms with Crippen LogP contribution in [0.2, 0.25) is 0 Å². The minimum absolute atomic E-state index is 0.237. The van der Waals surface area contributed by atoms with Crippen molar-refractivity contribution in [2.24, 2.45) is 0 Å². The molecule has 1 aliphatic rings. The SMILES string of the molecule is O=[N+]([O-])c1ccc(C=C2CCCCCC2)s1. The first kappa shape index (κ1) is 11.3. The van der Waals surface area contributed by atoms with Gasteiger partial charge in [-0.25, -0.2) is 0 Å². The Morgan fingerprint density at radius 3 is 2.44 bits per heavy atom. The monoisotopic (exact) mass is 237 g/mol. The van der Waals surface area contributed by atoms with Gasteiger partial charge >= 0.3 is 5.00 Å². The number of hydrogen-bond acceptors (Lipinski definition) is 3. The van der Waals surface area contributed by atoms with E-state index in [-0.39, 0.29) is 9.92 Å². The average Bonchev–Trinajstić information content (AvgIpc) is 2.56. The molecular weight excluding hydrogens is 222 g/mol. The maximum atomic E-state index is 10.6. The molecule has 16 heavy (non-hydrogen) atoms. The van der Waals surface area contributed by atoms with E-state index in [4.69, 9.17) is 0 Å². The standard InChI is InChI=1S/C12H15NO2S/c14-13(15)12-8-7-11(16-12)9-10-5-3-1-2-4-6-10/h7-9H,1-6H2. The molecule has 0 aliphatic heterocycles. The number of hydrogen-bond donors (Lipinski definition) is 0. The second-order valence-electron chi connectivity index (χ2n) is 4.15. The van der Waals surface area contributed by atoms with E-state index >= 15 is 0 Å². The molecule has 1 aromatic heterocycles. The lowest BCUT2D eigenvalue weighted by atomic mass is 10.1. The zero-order valence-electron chi connectivity index (χ0n) is 9.15. The van der Waals surface area contributed by atoms with Crippen molar-refractivity contribution in [3.63, 3.8) is 0 Å². The molecule has 0 bridgehead atoms. The normalized spacial score (nSPS) is 16.9. The fourth-order valence-electron chi connectivity index (χ4n) is 2.05. The van der Waals surface area contributed by atoms with Crippen molar-refractivity contribution in [1.82, 2.24) is 0 Å². The molecule has 0 spiro atoms. The van der Waals surface area contributed by atoms with Crippen molar-refractivity contribution in [3.05, 3.63) is 32.7 Å². The van der Waals surface area contributed by atoms with Gasteiger partial charge in [0.05, 0.1) is 4.92 Å². The minimum atomic E-state index is -0.320. The van der Waals surface area contributed by atoms with Gasteiger partial charge in [0.15, 0.2) is 0 Å². The molecule has 86 valence electrons. The van der Waals surface area contributed by atoms with Gasteiger partial charge in [-0.3, -0.25) is 10.1 Å². The van der Waals surface area contributed by atoms with Crippen LogP contribution in [-0.4, -0.2) is 4.92 Å². The first-order valence-electron chi connectivity index (χ1n) is 5.69. The molecule has 0 radical (unpaired) electrons. The van der Waals surface area contributed by atoms with Crippen LogP contribution < -0.4 is 0 Å². The average molecular weight is 237 g/mol. The van der Waals surface area contributed by atoms with Gasteiger partial charge in [-0.15, -0.1) is 0 Å². The van der Waals surface area contributed by atoms with Gasteiger partial charge in [-0.2, -0.15) is 0 Å². The Bertz CT molecular complexity index is 399. The number of nitrogens with zero attached hydrogens (tertiary/aromatic N) is 1. The van der Waals surface area contributed by atoms with Crippen LogP contribution in [-0.2, 0) is 0 Å². The van der Waals surface area contributed by atoms with Crippen LogP contribution in [0.15, 0.2) is 17.7 Å². The van der Waals surface area contributed by atoms with Crippen LogP contribution in [0.4, 0.5) is 5.00 Å². The summed E-state index contributed by atoms with van der Waals surface area (Å²) in [5, 5.41) is 10.8. The lowest BCUT2D eigenvalue weighted by Gasteiger charge is -2.00. The maximum absolute atomic E-state index is 10.6. The number of rotatable bonds is 2. The quantitative estimate of drug-likeness (QED) is 0.435. The summed E-state index contributed by atoms with van der Waals surface area (Å²) in [5.74, 6) is 0. The number of allylic oxidation sites excluding steroid dienone is 1. The summed E-state index contributed by atoms with van der Waals surface area (Å²) in [6.07, 6.45) is 9.63. The summed E-state index contributed by atoms with van der Waals surface area (Å²) >= 11 is 1.27. The van der Waals surface area contributed by atoms with E-state index in [0.29, 0.717) is 0 Å². The van der Waals surface area contributed by atoms with Crippen molar-refractivity contribution in [1.29, 1.82) is 0 Å². The van der Waals surface area contributed by atoms with E-state index in [1.54, 1.807) is 6.07 Å². The highest BCUT2D eigenvalue weighted by Gasteiger charge is 2.09. The third kappa shape index (κ3) is 2.92. The van der Waals surface area contributed by atoms with Crippen LogP contribution in [0.1, 0.15) is 43.4 Å². The van der Waals surface area contributed by atoms with Gasteiger partial charge < -0.3 is 0 Å². The summed E-state index contributed by atoms with van der Waals surface area (Å²) in [6, 6.07) is 3.44. The van der Waals surface area contributed by atoms with Gasteiger partial charge in [0.25, 0.3) is 0 Å². The molecule has 0 atom stereocenters. The second kappa shape index (κ2) is 5.25. The number of thiophene rings is 1. The molecule has 1 aromatic rings. The molecular formula is C12H15NO2S. The molecule has 1 saturated carbocycles. The Labute approximate surface area is 98.9 Å². The van der Waals surface area contributed by atoms with Gasteiger partial charge in [0.2, 0.25) is 0 Å². The highest BCUT2D eigenvalue weighted by atomic mass is 32.1. The third-order valence-corrected chi connectivity index (χ3v) is 3.87. The van der Waals surface area contributed by atoms with E-state index < -0.39 is 0 Å². The Balaban J connectivity index is 2.11. The predicted octanol–water partition coefficient (Wildman–Crippen LogP) is 4.39. The summed E-state index contributed by atoms with van der Waals surface area (Å²) in [7, 11) is 0. The van der Waals surface area contributed by atoms with Gasteiger partial charge in [0.1, 0.15) is 0 Å². The summed E-state index contributed by atoms with van der Waals surface area (Å²) in [6.45, 7) is 0. The van der Waals surface area contributed by atoms with Crippen molar-refractivity contribution >= 4 is 22.4 Å². The lowest BCUT2D eigenvalue weighted by molar-refractivity contribution is -0.380. The van der Waals surface area contributed by atoms with Gasteiger partial charge in [0, 0.05) is 10.9 Å². The zero-order chi connectivity index (χ0) is 11.4. The third-order valence-electron chi connectivity index (χ3n) is 2.88. The predicted molar refractivity (Wildman–Crippen MR) is 66.7 cm³/mol. The minimum Gasteiger partial charge on any atom is -0.258 e. The molecule has 1 heterocycles. The molecule has 2 rings (SSSR count). The molecule has 4 heteroatoms. The zero-order valence-corrected chi connectivity index (χ0v) is 9.96. The Morgan fingerprint density at radius 1 is 1.19 bits per heavy atom. The van der Waals surface area contributed by atoms with Crippen molar-refractivity contribution in [3.8, 4) is 0 Å². The van der Waals surface area contributed by atoms with E-state index in [9.17, 15) is 10.1 Å². The maximum Gasteiger partial charge on any atom is 0.324 e. The smallest absolute Gasteiger partial charge is 0.258 e. The molecule has 0 saturated heterocycles. The summed E-state index contributed by atoms with van der Waals surface area (Å²) < 4.78 is 0. The highest BCUT2D eigenvalue weighted by Crippen LogP contribution is 2.29. The summed E-state index contributed by atoms with van der Waals surface area (Å²) in [5.41, 5.74) is 1.45.